The number of rotatable bonds is 5. The van der Waals surface area contributed by atoms with Crippen LogP contribution >= 0.6 is 0 Å². The number of nitrogens with one attached hydrogen (secondary N) is 1. The van der Waals surface area contributed by atoms with Gasteiger partial charge in [0, 0.05) is 35.8 Å². The van der Waals surface area contributed by atoms with Gasteiger partial charge < -0.3 is 15.0 Å². The first-order valence-electron chi connectivity index (χ1n) is 14.2. The van der Waals surface area contributed by atoms with Crippen molar-refractivity contribution >= 4 is 22.5 Å². The summed E-state index contributed by atoms with van der Waals surface area (Å²) in [5.41, 5.74) is 5.61. The number of carbonyl (C=O) groups is 1. The highest BCUT2D eigenvalue weighted by molar-refractivity contribution is 5.95. The summed E-state index contributed by atoms with van der Waals surface area (Å²) in [6.07, 6.45) is 10.9. The van der Waals surface area contributed by atoms with Gasteiger partial charge >= 0.3 is 0 Å². The Bertz CT molecular complexity index is 1170. The Kier molecular flexibility index (Phi) is 6.64. The highest BCUT2D eigenvalue weighted by Crippen LogP contribution is 2.64. The van der Waals surface area contributed by atoms with Gasteiger partial charge in [0.05, 0.1) is 6.10 Å². The van der Waals surface area contributed by atoms with Gasteiger partial charge in [0.1, 0.15) is 0 Å². The lowest BCUT2D eigenvalue weighted by Gasteiger charge is -2.62. The van der Waals surface area contributed by atoms with Crippen molar-refractivity contribution in [2.45, 2.75) is 92.1 Å². The molecule has 3 aliphatic rings. The van der Waals surface area contributed by atoms with Gasteiger partial charge in [0.15, 0.2) is 0 Å². The molecule has 196 valence electrons. The highest BCUT2D eigenvalue weighted by Gasteiger charge is 2.58. The number of aliphatic hydroxyl groups is 1. The van der Waals surface area contributed by atoms with Crippen LogP contribution in [-0.2, 0) is 11.8 Å². The molecule has 0 aliphatic heterocycles. The topological polar surface area (TPSA) is 54.3 Å². The van der Waals surface area contributed by atoms with E-state index < -0.39 is 0 Å². The van der Waals surface area contributed by atoms with E-state index >= 15 is 0 Å². The number of hydrogen-bond acceptors (Lipinski definition) is 2. The van der Waals surface area contributed by atoms with E-state index in [0.717, 1.165) is 36.8 Å². The molecule has 4 nitrogen and oxygen atoms in total. The van der Waals surface area contributed by atoms with Crippen molar-refractivity contribution in [3.8, 4) is 0 Å². The van der Waals surface area contributed by atoms with E-state index in [1.54, 1.807) is 11.1 Å². The maximum absolute atomic E-state index is 13.1. The van der Waals surface area contributed by atoms with E-state index in [1.165, 1.54) is 31.2 Å². The molecule has 1 amide bonds. The van der Waals surface area contributed by atoms with E-state index in [-0.39, 0.29) is 23.3 Å². The zero-order valence-corrected chi connectivity index (χ0v) is 23.2. The fourth-order valence-corrected chi connectivity index (χ4v) is 8.55. The van der Waals surface area contributed by atoms with Gasteiger partial charge in [0.25, 0.3) is 0 Å². The van der Waals surface area contributed by atoms with Crippen LogP contribution in [-0.4, -0.2) is 21.7 Å². The van der Waals surface area contributed by atoms with Crippen LogP contribution in [0.3, 0.4) is 0 Å². The van der Waals surface area contributed by atoms with Gasteiger partial charge in [0.2, 0.25) is 5.91 Å². The van der Waals surface area contributed by atoms with Crippen molar-refractivity contribution in [2.75, 3.05) is 5.32 Å². The number of fused-ring (bicyclic) bond motifs is 4. The van der Waals surface area contributed by atoms with Crippen LogP contribution in [0.5, 0.6) is 0 Å². The normalized spacial score (nSPS) is 32.6. The molecule has 36 heavy (non-hydrogen) atoms. The fraction of sp³-hybridized carbons (Fsp3) is 0.656. The molecule has 4 heteroatoms. The smallest absolute Gasteiger partial charge is 0.227 e. The van der Waals surface area contributed by atoms with E-state index in [0.29, 0.717) is 23.2 Å². The minimum Gasteiger partial charge on any atom is -0.393 e. The molecular weight excluding hydrogens is 444 g/mol. The summed E-state index contributed by atoms with van der Waals surface area (Å²) >= 11 is 0. The van der Waals surface area contributed by atoms with Crippen LogP contribution in [0.4, 0.5) is 5.69 Å². The van der Waals surface area contributed by atoms with Gasteiger partial charge in [-0.25, -0.2) is 0 Å². The summed E-state index contributed by atoms with van der Waals surface area (Å²) in [4.78, 5) is 13.1. The molecule has 2 aromatic rings. The predicted octanol–water partition coefficient (Wildman–Crippen LogP) is 7.47. The van der Waals surface area contributed by atoms with Crippen molar-refractivity contribution in [1.82, 2.24) is 4.57 Å². The summed E-state index contributed by atoms with van der Waals surface area (Å²) in [5.74, 6) is 2.06. The van der Waals surface area contributed by atoms with E-state index in [2.05, 4.69) is 68.9 Å². The van der Waals surface area contributed by atoms with E-state index in [1.807, 2.05) is 13.1 Å². The van der Waals surface area contributed by atoms with Gasteiger partial charge in [-0.15, -0.1) is 0 Å². The Hall–Kier alpha value is -2.07. The third-order valence-electron chi connectivity index (χ3n) is 10.9. The molecule has 1 unspecified atom stereocenters. The highest BCUT2D eigenvalue weighted by atomic mass is 16.3. The molecule has 2 saturated carbocycles. The Labute approximate surface area is 217 Å². The monoisotopic (exact) mass is 490 g/mol. The molecule has 1 aromatic carbocycles. The second-order valence-corrected chi connectivity index (χ2v) is 13.2. The molecule has 0 saturated heterocycles. The molecule has 0 bridgehead atoms. The molecule has 1 aromatic heterocycles. The number of carbonyl (C=O) groups excluding carboxylic acids is 1. The van der Waals surface area contributed by atoms with Crippen molar-refractivity contribution in [3.63, 3.8) is 0 Å². The van der Waals surface area contributed by atoms with Gasteiger partial charge in [-0.3, -0.25) is 4.79 Å². The Morgan fingerprint density at radius 2 is 1.94 bits per heavy atom. The largest absolute Gasteiger partial charge is 0.393 e. The van der Waals surface area contributed by atoms with Crippen LogP contribution in [0.25, 0.3) is 10.9 Å². The van der Waals surface area contributed by atoms with Crippen LogP contribution in [0.15, 0.2) is 41.6 Å². The molecule has 0 spiro atoms. The number of amides is 1. The third kappa shape index (κ3) is 4.23. The van der Waals surface area contributed by atoms with Gasteiger partial charge in [-0.2, -0.15) is 0 Å². The predicted molar refractivity (Wildman–Crippen MR) is 149 cm³/mol. The molecule has 6 atom stereocenters. The number of aliphatic hydroxyl groups excluding tert-OH is 1. The van der Waals surface area contributed by atoms with Crippen molar-refractivity contribution in [1.29, 1.82) is 0 Å². The maximum atomic E-state index is 13.1. The second kappa shape index (κ2) is 9.35. The molecule has 3 aliphatic carbocycles. The SMILES string of the molecule is CC1=C(CCC(C)C(=O)Nc2ccc3c(ccn3C)c2)[C@@H]2CC[C@H]3C(C)(C)[C@@H](O)CC[C@]3(C)[C@H]2CC1. The minimum atomic E-state index is -0.172. The first kappa shape index (κ1) is 25.6. The number of aromatic nitrogens is 1. The quantitative estimate of drug-likeness (QED) is 0.427. The Balaban J connectivity index is 1.25. The summed E-state index contributed by atoms with van der Waals surface area (Å²) < 4.78 is 2.10. The Morgan fingerprint density at radius 1 is 1.17 bits per heavy atom. The van der Waals surface area contributed by atoms with Crippen LogP contribution < -0.4 is 5.32 Å². The summed E-state index contributed by atoms with van der Waals surface area (Å²) in [5, 5.41) is 15.1. The minimum absolute atomic E-state index is 0.00368. The molecule has 0 radical (unpaired) electrons. The first-order chi connectivity index (χ1) is 17.0. The lowest BCUT2D eigenvalue weighted by molar-refractivity contribution is -0.149. The molecule has 2 N–H and O–H groups in total. The van der Waals surface area contributed by atoms with Crippen LogP contribution in [0, 0.1) is 34.5 Å². The number of allylic oxidation sites excluding steroid dienone is 2. The fourth-order valence-electron chi connectivity index (χ4n) is 8.55. The lowest BCUT2D eigenvalue weighted by Crippen LogP contribution is -2.56. The summed E-state index contributed by atoms with van der Waals surface area (Å²) in [6, 6.07) is 8.24. The second-order valence-electron chi connectivity index (χ2n) is 13.2. The number of hydrogen-bond donors (Lipinski definition) is 2. The van der Waals surface area contributed by atoms with Crippen molar-refractivity contribution in [3.05, 3.63) is 41.6 Å². The van der Waals surface area contributed by atoms with E-state index in [9.17, 15) is 9.90 Å². The molecule has 1 heterocycles. The summed E-state index contributed by atoms with van der Waals surface area (Å²) in [6.45, 7) is 11.6. The number of nitrogens with zero attached hydrogens (tertiary/aromatic N) is 1. The summed E-state index contributed by atoms with van der Waals surface area (Å²) in [7, 11) is 2.04. The third-order valence-corrected chi connectivity index (χ3v) is 10.9. The standard InChI is InChI=1S/C32H46N2O2/c1-20-8-12-26-25(11-14-28-31(3,4)29(35)15-17-32(26,28)5)24(20)10-7-21(2)30(36)33-23-9-13-27-22(19-23)16-18-34(27)6/h9,13,16,18-19,21,25-26,28-29,35H,7-8,10-12,14-15,17H2,1-6H3,(H,33,36)/t21?,25-,26-,28-,29-,32+/m0/s1. The average molecular weight is 491 g/mol. The van der Waals surface area contributed by atoms with E-state index in [4.69, 9.17) is 0 Å². The maximum Gasteiger partial charge on any atom is 0.227 e. The molecule has 5 rings (SSSR count). The van der Waals surface area contributed by atoms with Crippen molar-refractivity contribution < 1.29 is 9.90 Å². The number of benzene rings is 1. The molecule has 2 fully saturated rings. The zero-order valence-electron chi connectivity index (χ0n) is 23.2. The van der Waals surface area contributed by atoms with Gasteiger partial charge in [-0.05, 0) is 111 Å². The lowest BCUT2D eigenvalue weighted by atomic mass is 9.43. The molecular formula is C32H46N2O2. The van der Waals surface area contributed by atoms with Crippen LogP contribution in [0.2, 0.25) is 0 Å². The Morgan fingerprint density at radius 3 is 2.72 bits per heavy atom. The zero-order chi connectivity index (χ0) is 25.8. The number of anilines is 1. The average Bonchev–Trinajstić information content (AvgIpc) is 3.20. The van der Waals surface area contributed by atoms with Crippen molar-refractivity contribution in [2.24, 2.45) is 41.5 Å². The van der Waals surface area contributed by atoms with Crippen LogP contribution in [0.1, 0.15) is 86.0 Å². The number of aryl methyl sites for hydroxylation is 1. The first-order valence-corrected chi connectivity index (χ1v) is 14.2. The van der Waals surface area contributed by atoms with Gasteiger partial charge in [-0.1, -0.05) is 38.8 Å².